The number of aryl methyl sites for hydroxylation is 2. The maximum Gasteiger partial charge on any atom is 0.342 e. The summed E-state index contributed by atoms with van der Waals surface area (Å²) >= 11 is 0. The van der Waals surface area contributed by atoms with Gasteiger partial charge >= 0.3 is 5.97 Å². The number of ether oxygens (including phenoxy) is 1. The van der Waals surface area contributed by atoms with E-state index in [1.54, 1.807) is 24.3 Å². The highest BCUT2D eigenvalue weighted by atomic mass is 16.5. The molecule has 6 nitrogen and oxygen atoms in total. The van der Waals surface area contributed by atoms with Crippen LogP contribution in [-0.4, -0.2) is 28.7 Å². The van der Waals surface area contributed by atoms with E-state index in [0.717, 1.165) is 17.2 Å². The number of hydrogen-bond donors (Lipinski definition) is 3. The third-order valence-electron chi connectivity index (χ3n) is 4.22. The van der Waals surface area contributed by atoms with Gasteiger partial charge in [0, 0.05) is 16.5 Å². The molecule has 3 aromatic carbocycles. The number of nitrogens with one attached hydrogen (secondary N) is 1. The summed E-state index contributed by atoms with van der Waals surface area (Å²) in [5.74, 6) is -1.86. The molecule has 0 spiro atoms. The van der Waals surface area contributed by atoms with Crippen molar-refractivity contribution in [2.45, 2.75) is 13.8 Å². The first-order chi connectivity index (χ1) is 12.9. The molecule has 138 valence electrons. The Morgan fingerprint density at radius 2 is 1.70 bits per heavy atom. The zero-order valence-electron chi connectivity index (χ0n) is 14.9. The smallest absolute Gasteiger partial charge is 0.342 e. The number of aromatic hydroxyl groups is 2. The van der Waals surface area contributed by atoms with Gasteiger partial charge in [-0.2, -0.15) is 0 Å². The summed E-state index contributed by atoms with van der Waals surface area (Å²) < 4.78 is 4.99. The normalized spacial score (nSPS) is 10.6. The molecule has 0 aliphatic carbocycles. The number of anilines is 1. The lowest BCUT2D eigenvalue weighted by atomic mass is 10.0. The van der Waals surface area contributed by atoms with Crippen molar-refractivity contribution < 1.29 is 24.5 Å². The summed E-state index contributed by atoms with van der Waals surface area (Å²) in [5, 5.41) is 23.8. The minimum atomic E-state index is -0.898. The van der Waals surface area contributed by atoms with Crippen molar-refractivity contribution in [3.05, 3.63) is 65.2 Å². The highest BCUT2D eigenvalue weighted by Crippen LogP contribution is 2.35. The Bertz CT molecular complexity index is 1040. The van der Waals surface area contributed by atoms with Crippen LogP contribution in [0.25, 0.3) is 10.8 Å². The highest BCUT2D eigenvalue weighted by molar-refractivity contribution is 6.04. The second kappa shape index (κ2) is 7.37. The fraction of sp³-hybridized carbons (Fsp3) is 0.143. The zero-order chi connectivity index (χ0) is 19.6. The first-order valence-corrected chi connectivity index (χ1v) is 8.34. The number of benzene rings is 3. The lowest BCUT2D eigenvalue weighted by Gasteiger charge is -2.11. The Morgan fingerprint density at radius 3 is 2.44 bits per heavy atom. The third kappa shape index (κ3) is 3.84. The molecule has 0 fully saturated rings. The van der Waals surface area contributed by atoms with Gasteiger partial charge in [-0.25, -0.2) is 4.79 Å². The van der Waals surface area contributed by atoms with Gasteiger partial charge in [-0.1, -0.05) is 36.4 Å². The van der Waals surface area contributed by atoms with Crippen LogP contribution in [0.2, 0.25) is 0 Å². The molecule has 0 aliphatic heterocycles. The van der Waals surface area contributed by atoms with Crippen molar-refractivity contribution in [2.24, 2.45) is 0 Å². The molecule has 0 unspecified atom stereocenters. The molecule has 0 bridgehead atoms. The minimum Gasteiger partial charge on any atom is -0.507 e. The van der Waals surface area contributed by atoms with Gasteiger partial charge in [0.1, 0.15) is 17.1 Å². The fourth-order valence-corrected chi connectivity index (χ4v) is 2.76. The molecule has 6 heteroatoms. The molecule has 0 aromatic heterocycles. The van der Waals surface area contributed by atoms with Crippen LogP contribution < -0.4 is 5.32 Å². The van der Waals surface area contributed by atoms with Crippen LogP contribution >= 0.6 is 0 Å². The average molecular weight is 365 g/mol. The Kier molecular flexibility index (Phi) is 4.98. The predicted octanol–water partition coefficient (Wildman–Crippen LogP) is 3.66. The van der Waals surface area contributed by atoms with Crippen LogP contribution in [0.3, 0.4) is 0 Å². The van der Waals surface area contributed by atoms with E-state index in [1.165, 1.54) is 0 Å². The molecule has 1 amide bonds. The second-order valence-corrected chi connectivity index (χ2v) is 6.28. The second-order valence-electron chi connectivity index (χ2n) is 6.28. The Morgan fingerprint density at radius 1 is 1.00 bits per heavy atom. The number of phenols is 2. The standard InChI is InChI=1S/C21H19NO5/c1-12-7-8-13(2)17(9-12)22-19(24)11-27-21(26)16-10-18(23)14-5-3-4-6-15(14)20(16)25/h3-10,23,25H,11H2,1-2H3,(H,22,24). The van der Waals surface area contributed by atoms with E-state index in [9.17, 15) is 19.8 Å². The van der Waals surface area contributed by atoms with Crippen molar-refractivity contribution in [1.29, 1.82) is 0 Å². The van der Waals surface area contributed by atoms with Crippen molar-refractivity contribution in [1.82, 2.24) is 0 Å². The molecular formula is C21H19NO5. The number of phenolic OH excluding ortho intramolecular Hbond substituents is 2. The SMILES string of the molecule is Cc1ccc(C)c(NC(=O)COC(=O)c2cc(O)c3ccccc3c2O)c1. The van der Waals surface area contributed by atoms with Crippen LogP contribution in [0.5, 0.6) is 11.5 Å². The van der Waals surface area contributed by atoms with Gasteiger partial charge < -0.3 is 20.3 Å². The predicted molar refractivity (Wildman–Crippen MR) is 102 cm³/mol. The Balaban J connectivity index is 1.72. The Hall–Kier alpha value is -3.54. The van der Waals surface area contributed by atoms with Crippen molar-refractivity contribution in [3.63, 3.8) is 0 Å². The van der Waals surface area contributed by atoms with Gasteiger partial charge in [-0.05, 0) is 37.1 Å². The number of carbonyl (C=O) groups is 2. The lowest BCUT2D eigenvalue weighted by molar-refractivity contribution is -0.119. The molecule has 27 heavy (non-hydrogen) atoms. The van der Waals surface area contributed by atoms with E-state index >= 15 is 0 Å². The molecule has 3 aromatic rings. The van der Waals surface area contributed by atoms with E-state index in [2.05, 4.69) is 5.32 Å². The molecule has 0 saturated heterocycles. The van der Waals surface area contributed by atoms with E-state index < -0.39 is 18.5 Å². The van der Waals surface area contributed by atoms with Gasteiger partial charge in [-0.3, -0.25) is 4.79 Å². The summed E-state index contributed by atoms with van der Waals surface area (Å²) in [7, 11) is 0. The Labute approximate surface area is 156 Å². The number of hydrogen-bond acceptors (Lipinski definition) is 5. The number of rotatable bonds is 4. The summed E-state index contributed by atoms with van der Waals surface area (Å²) in [6.45, 7) is 3.25. The number of amides is 1. The lowest BCUT2D eigenvalue weighted by Crippen LogP contribution is -2.21. The highest BCUT2D eigenvalue weighted by Gasteiger charge is 2.19. The van der Waals surface area contributed by atoms with Crippen LogP contribution in [0.15, 0.2) is 48.5 Å². The van der Waals surface area contributed by atoms with Crippen LogP contribution in [0, 0.1) is 13.8 Å². The van der Waals surface area contributed by atoms with E-state index in [-0.39, 0.29) is 17.1 Å². The largest absolute Gasteiger partial charge is 0.507 e. The van der Waals surface area contributed by atoms with Crippen LogP contribution in [0.4, 0.5) is 5.69 Å². The van der Waals surface area contributed by atoms with Crippen molar-refractivity contribution >= 4 is 28.3 Å². The molecule has 0 heterocycles. The summed E-state index contributed by atoms with van der Waals surface area (Å²) in [6, 6.07) is 13.3. The van der Waals surface area contributed by atoms with Crippen LogP contribution in [0.1, 0.15) is 21.5 Å². The van der Waals surface area contributed by atoms with E-state index in [4.69, 9.17) is 4.74 Å². The topological polar surface area (TPSA) is 95.9 Å². The van der Waals surface area contributed by atoms with Gasteiger partial charge in [-0.15, -0.1) is 0 Å². The molecule has 0 radical (unpaired) electrons. The number of fused-ring (bicyclic) bond motifs is 1. The van der Waals surface area contributed by atoms with Crippen LogP contribution in [-0.2, 0) is 9.53 Å². The number of carbonyl (C=O) groups excluding carboxylic acids is 2. The molecular weight excluding hydrogens is 346 g/mol. The summed E-state index contributed by atoms with van der Waals surface area (Å²) in [4.78, 5) is 24.3. The van der Waals surface area contributed by atoms with Gasteiger partial charge in [0.2, 0.25) is 0 Å². The first-order valence-electron chi connectivity index (χ1n) is 8.34. The number of esters is 1. The maximum atomic E-state index is 12.3. The molecule has 0 atom stereocenters. The van der Waals surface area contributed by atoms with E-state index in [0.29, 0.717) is 16.5 Å². The molecule has 0 saturated carbocycles. The third-order valence-corrected chi connectivity index (χ3v) is 4.22. The maximum absolute atomic E-state index is 12.3. The minimum absolute atomic E-state index is 0.157. The average Bonchev–Trinajstić information content (AvgIpc) is 2.65. The summed E-state index contributed by atoms with van der Waals surface area (Å²) in [6.07, 6.45) is 0. The molecule has 3 N–H and O–H groups in total. The van der Waals surface area contributed by atoms with Gasteiger partial charge in [0.05, 0.1) is 0 Å². The summed E-state index contributed by atoms with van der Waals surface area (Å²) in [5.41, 5.74) is 2.31. The molecule has 0 aliphatic rings. The fourth-order valence-electron chi connectivity index (χ4n) is 2.76. The van der Waals surface area contributed by atoms with Gasteiger partial charge in [0.15, 0.2) is 6.61 Å². The molecule has 3 rings (SSSR count). The monoisotopic (exact) mass is 365 g/mol. The zero-order valence-corrected chi connectivity index (χ0v) is 14.9. The van der Waals surface area contributed by atoms with Crippen molar-refractivity contribution in [2.75, 3.05) is 11.9 Å². The van der Waals surface area contributed by atoms with E-state index in [1.807, 2.05) is 32.0 Å². The quantitative estimate of drug-likeness (QED) is 0.484. The van der Waals surface area contributed by atoms with Gasteiger partial charge in [0.25, 0.3) is 5.91 Å². The first kappa shape index (κ1) is 18.3. The van der Waals surface area contributed by atoms with Crippen molar-refractivity contribution in [3.8, 4) is 11.5 Å².